The van der Waals surface area contributed by atoms with Crippen LogP contribution in [0.3, 0.4) is 0 Å². The van der Waals surface area contributed by atoms with Gasteiger partial charge in [0.15, 0.2) is 11.5 Å². The summed E-state index contributed by atoms with van der Waals surface area (Å²) in [5.41, 5.74) is 7.92. The number of hydrogen-bond acceptors (Lipinski definition) is 4. The molecule has 1 aromatic carbocycles. The summed E-state index contributed by atoms with van der Waals surface area (Å²) in [4.78, 5) is 10.7. The van der Waals surface area contributed by atoms with E-state index in [9.17, 15) is 4.79 Å². The molecule has 20 heavy (non-hydrogen) atoms. The van der Waals surface area contributed by atoms with Gasteiger partial charge >= 0.3 is 5.97 Å². The van der Waals surface area contributed by atoms with Gasteiger partial charge in [-0.25, -0.2) is 0 Å². The van der Waals surface area contributed by atoms with Crippen LogP contribution in [0.25, 0.3) is 0 Å². The number of ether oxygens (including phenoxy) is 2. The van der Waals surface area contributed by atoms with Crippen molar-refractivity contribution in [2.45, 2.75) is 32.2 Å². The van der Waals surface area contributed by atoms with Crippen LogP contribution in [-0.4, -0.2) is 24.3 Å². The Morgan fingerprint density at radius 1 is 1.50 bits per heavy atom. The van der Waals surface area contributed by atoms with Crippen LogP contribution in [0.2, 0.25) is 0 Å². The van der Waals surface area contributed by atoms with Gasteiger partial charge in [-0.1, -0.05) is 15.9 Å². The fourth-order valence-electron chi connectivity index (χ4n) is 2.33. The molecule has 1 heterocycles. The quantitative estimate of drug-likeness (QED) is 0.878. The van der Waals surface area contributed by atoms with Gasteiger partial charge in [0.1, 0.15) is 0 Å². The molecule has 2 rings (SSSR count). The van der Waals surface area contributed by atoms with Gasteiger partial charge < -0.3 is 20.3 Å². The Hall–Kier alpha value is -1.27. The van der Waals surface area contributed by atoms with E-state index in [4.69, 9.17) is 20.3 Å². The van der Waals surface area contributed by atoms with E-state index in [1.54, 1.807) is 0 Å². The van der Waals surface area contributed by atoms with Crippen molar-refractivity contribution >= 4 is 21.9 Å². The lowest BCUT2D eigenvalue weighted by molar-refractivity contribution is -0.137. The Bertz CT molecular complexity index is 518. The van der Waals surface area contributed by atoms with Crippen molar-refractivity contribution in [1.29, 1.82) is 0 Å². The Labute approximate surface area is 126 Å². The van der Waals surface area contributed by atoms with Crippen molar-refractivity contribution in [2.24, 2.45) is 5.73 Å². The van der Waals surface area contributed by atoms with E-state index in [-0.39, 0.29) is 12.5 Å². The predicted octanol–water partition coefficient (Wildman–Crippen LogP) is 2.78. The van der Waals surface area contributed by atoms with E-state index < -0.39 is 5.97 Å². The van der Waals surface area contributed by atoms with E-state index in [2.05, 4.69) is 15.9 Å². The third-order valence-corrected chi connectivity index (χ3v) is 3.97. The highest BCUT2D eigenvalue weighted by molar-refractivity contribution is 9.10. The second kappa shape index (κ2) is 6.45. The van der Waals surface area contributed by atoms with Gasteiger partial charge in [0, 0.05) is 28.9 Å². The molecule has 0 bridgehead atoms. The molecule has 0 amide bonds. The standard InChI is InChI=1S/C14H18BrNO4/c1-8-13(10(16)3-4-12(17)18)9(15)7-11-14(8)20-6-2-5-19-11/h7,10H,2-6,16H2,1H3,(H,17,18). The summed E-state index contributed by atoms with van der Waals surface area (Å²) in [7, 11) is 0. The van der Waals surface area contributed by atoms with E-state index in [0.29, 0.717) is 31.1 Å². The predicted molar refractivity (Wildman–Crippen MR) is 78.3 cm³/mol. The zero-order valence-electron chi connectivity index (χ0n) is 11.3. The minimum Gasteiger partial charge on any atom is -0.490 e. The van der Waals surface area contributed by atoms with Gasteiger partial charge in [-0.3, -0.25) is 4.79 Å². The fraction of sp³-hybridized carbons (Fsp3) is 0.500. The van der Waals surface area contributed by atoms with Gasteiger partial charge in [-0.2, -0.15) is 0 Å². The van der Waals surface area contributed by atoms with Crippen molar-refractivity contribution in [2.75, 3.05) is 13.2 Å². The van der Waals surface area contributed by atoms with Crippen LogP contribution in [0, 0.1) is 6.92 Å². The number of benzene rings is 1. The molecular formula is C14H18BrNO4. The average molecular weight is 344 g/mol. The Morgan fingerprint density at radius 3 is 2.90 bits per heavy atom. The highest BCUT2D eigenvalue weighted by atomic mass is 79.9. The molecule has 5 nitrogen and oxygen atoms in total. The summed E-state index contributed by atoms with van der Waals surface area (Å²) >= 11 is 3.50. The van der Waals surface area contributed by atoms with E-state index in [1.165, 1.54) is 0 Å². The molecule has 1 aliphatic heterocycles. The van der Waals surface area contributed by atoms with Crippen molar-refractivity contribution < 1.29 is 19.4 Å². The normalized spacial score (nSPS) is 15.6. The average Bonchev–Trinajstić information content (AvgIpc) is 2.61. The van der Waals surface area contributed by atoms with Crippen LogP contribution in [-0.2, 0) is 4.79 Å². The van der Waals surface area contributed by atoms with E-state index >= 15 is 0 Å². The maximum atomic E-state index is 10.7. The summed E-state index contributed by atoms with van der Waals surface area (Å²) in [5, 5.41) is 8.77. The van der Waals surface area contributed by atoms with Crippen LogP contribution >= 0.6 is 15.9 Å². The van der Waals surface area contributed by atoms with Crippen LogP contribution in [0.5, 0.6) is 11.5 Å². The zero-order valence-corrected chi connectivity index (χ0v) is 12.9. The number of carboxylic acids is 1. The van der Waals surface area contributed by atoms with Crippen molar-refractivity contribution in [3.8, 4) is 11.5 Å². The smallest absolute Gasteiger partial charge is 0.303 e. The molecule has 0 radical (unpaired) electrons. The first kappa shape index (κ1) is 15.1. The van der Waals surface area contributed by atoms with Gasteiger partial charge in [-0.15, -0.1) is 0 Å². The summed E-state index contributed by atoms with van der Waals surface area (Å²) in [6.07, 6.45) is 1.27. The van der Waals surface area contributed by atoms with Crippen LogP contribution in [0.1, 0.15) is 36.4 Å². The lowest BCUT2D eigenvalue weighted by atomic mass is 9.97. The van der Waals surface area contributed by atoms with Gasteiger partial charge in [-0.05, 0) is 25.0 Å². The van der Waals surface area contributed by atoms with Crippen LogP contribution in [0.15, 0.2) is 10.5 Å². The summed E-state index contributed by atoms with van der Waals surface area (Å²) in [5.74, 6) is 0.580. The molecule has 0 aromatic heterocycles. The third-order valence-electron chi connectivity index (χ3n) is 3.32. The largest absolute Gasteiger partial charge is 0.490 e. The highest BCUT2D eigenvalue weighted by Gasteiger charge is 2.22. The van der Waals surface area contributed by atoms with Gasteiger partial charge in [0.2, 0.25) is 0 Å². The molecule has 110 valence electrons. The molecule has 0 spiro atoms. The maximum Gasteiger partial charge on any atom is 0.303 e. The molecule has 3 N–H and O–H groups in total. The Morgan fingerprint density at radius 2 is 2.20 bits per heavy atom. The zero-order chi connectivity index (χ0) is 14.7. The SMILES string of the molecule is Cc1c2c(cc(Br)c1C(N)CCC(=O)O)OCCCO2. The van der Waals surface area contributed by atoms with Crippen LogP contribution < -0.4 is 15.2 Å². The topological polar surface area (TPSA) is 81.8 Å². The number of aliphatic carboxylic acids is 1. The monoisotopic (exact) mass is 343 g/mol. The second-order valence-electron chi connectivity index (χ2n) is 4.81. The molecule has 1 aliphatic rings. The Kier molecular flexibility index (Phi) is 4.88. The minimum atomic E-state index is -0.844. The van der Waals surface area contributed by atoms with E-state index in [1.807, 2.05) is 13.0 Å². The fourth-order valence-corrected chi connectivity index (χ4v) is 3.12. The molecular weight excluding hydrogens is 326 g/mol. The van der Waals surface area contributed by atoms with Crippen LogP contribution in [0.4, 0.5) is 0 Å². The van der Waals surface area contributed by atoms with Gasteiger partial charge in [0.05, 0.1) is 13.2 Å². The molecule has 0 aliphatic carbocycles. The number of hydrogen-bond donors (Lipinski definition) is 2. The minimum absolute atomic E-state index is 0.0431. The molecule has 0 saturated heterocycles. The van der Waals surface area contributed by atoms with E-state index in [0.717, 1.165) is 22.0 Å². The van der Waals surface area contributed by atoms with Crippen molar-refractivity contribution in [1.82, 2.24) is 0 Å². The van der Waals surface area contributed by atoms with Gasteiger partial charge in [0.25, 0.3) is 0 Å². The van der Waals surface area contributed by atoms with Crippen molar-refractivity contribution in [3.63, 3.8) is 0 Å². The molecule has 1 atom stereocenters. The third kappa shape index (κ3) is 3.24. The number of fused-ring (bicyclic) bond motifs is 1. The lowest BCUT2D eigenvalue weighted by Crippen LogP contribution is -2.15. The first-order valence-corrected chi connectivity index (χ1v) is 7.36. The number of carboxylic acid groups (broad SMARTS) is 1. The van der Waals surface area contributed by atoms with Crippen molar-refractivity contribution in [3.05, 3.63) is 21.7 Å². The summed E-state index contributed by atoms with van der Waals surface area (Å²) in [6, 6.07) is 1.50. The lowest BCUT2D eigenvalue weighted by Gasteiger charge is -2.20. The molecule has 1 aromatic rings. The summed E-state index contributed by atoms with van der Waals surface area (Å²) in [6.45, 7) is 3.16. The Balaban J connectivity index is 2.33. The number of carbonyl (C=O) groups is 1. The number of rotatable bonds is 4. The molecule has 1 unspecified atom stereocenters. The number of halogens is 1. The highest BCUT2D eigenvalue weighted by Crippen LogP contribution is 2.41. The number of nitrogens with two attached hydrogens (primary N) is 1. The molecule has 0 saturated carbocycles. The second-order valence-corrected chi connectivity index (χ2v) is 5.67. The molecule has 0 fully saturated rings. The molecule has 6 heteroatoms. The first-order chi connectivity index (χ1) is 9.50. The summed E-state index contributed by atoms with van der Waals surface area (Å²) < 4.78 is 12.2. The maximum absolute atomic E-state index is 10.7. The first-order valence-electron chi connectivity index (χ1n) is 6.56.